The summed E-state index contributed by atoms with van der Waals surface area (Å²) in [7, 11) is 1.71. The molecule has 10 heteroatoms. The van der Waals surface area contributed by atoms with Gasteiger partial charge in [-0.1, -0.05) is 47.5 Å². The molecule has 0 aliphatic carbocycles. The highest BCUT2D eigenvalue weighted by atomic mass is 35.5. The van der Waals surface area contributed by atoms with E-state index in [-0.39, 0.29) is 17.6 Å². The van der Waals surface area contributed by atoms with Crippen molar-refractivity contribution >= 4 is 51.8 Å². The van der Waals surface area contributed by atoms with Gasteiger partial charge in [0.2, 0.25) is 0 Å². The normalized spacial score (nSPS) is 14.0. The third-order valence-corrected chi connectivity index (χ3v) is 7.40. The highest BCUT2D eigenvalue weighted by Crippen LogP contribution is 2.27. The van der Waals surface area contributed by atoms with Gasteiger partial charge in [-0.25, -0.2) is 4.79 Å². The molecule has 0 unspecified atom stereocenters. The zero-order valence-corrected chi connectivity index (χ0v) is 24.2. The van der Waals surface area contributed by atoms with Crippen LogP contribution in [0.3, 0.4) is 0 Å². The van der Waals surface area contributed by atoms with Gasteiger partial charge in [-0.15, -0.1) is 0 Å². The van der Waals surface area contributed by atoms with E-state index < -0.39 is 5.60 Å². The van der Waals surface area contributed by atoms with Gasteiger partial charge in [0.25, 0.3) is 11.5 Å². The zero-order chi connectivity index (χ0) is 28.3. The van der Waals surface area contributed by atoms with E-state index in [2.05, 4.69) is 5.32 Å². The van der Waals surface area contributed by atoms with Crippen LogP contribution in [0, 0.1) is 0 Å². The van der Waals surface area contributed by atoms with Gasteiger partial charge in [-0.05, 0) is 57.4 Å². The molecule has 1 saturated heterocycles. The van der Waals surface area contributed by atoms with Crippen LogP contribution in [0.15, 0.2) is 47.3 Å². The molecule has 0 spiro atoms. The maximum atomic E-state index is 13.6. The molecule has 1 fully saturated rings. The molecule has 3 aromatic rings. The fourth-order valence-corrected chi connectivity index (χ4v) is 5.04. The van der Waals surface area contributed by atoms with Crippen LogP contribution in [0.25, 0.3) is 10.9 Å². The Hall–Kier alpha value is -3.23. The fraction of sp³-hybridized carbons (Fsp3) is 0.414. The molecule has 2 heterocycles. The first kappa shape index (κ1) is 28.8. The van der Waals surface area contributed by atoms with Crippen molar-refractivity contribution in [2.45, 2.75) is 39.2 Å². The number of carbonyl (C=O) groups is 2. The van der Waals surface area contributed by atoms with E-state index in [0.29, 0.717) is 77.8 Å². The quantitative estimate of drug-likeness (QED) is 0.407. The van der Waals surface area contributed by atoms with Crippen molar-refractivity contribution in [2.75, 3.05) is 37.6 Å². The summed E-state index contributed by atoms with van der Waals surface area (Å²) in [6.07, 6.45) is 1.03. The first-order valence-electron chi connectivity index (χ1n) is 13.0. The second kappa shape index (κ2) is 11.9. The van der Waals surface area contributed by atoms with Crippen LogP contribution in [0.2, 0.25) is 10.0 Å². The van der Waals surface area contributed by atoms with Gasteiger partial charge in [-0.2, -0.15) is 0 Å². The van der Waals surface area contributed by atoms with Crippen LogP contribution in [0.4, 0.5) is 10.5 Å². The maximum absolute atomic E-state index is 13.6. The molecule has 39 heavy (non-hydrogen) atoms. The van der Waals surface area contributed by atoms with Gasteiger partial charge < -0.3 is 24.4 Å². The number of halogens is 2. The second-order valence-electron chi connectivity index (χ2n) is 10.7. The number of para-hydroxylation sites is 1. The average molecular weight is 574 g/mol. The number of fused-ring (bicyclic) bond motifs is 1. The number of amides is 2. The molecule has 0 saturated carbocycles. The Kier molecular flexibility index (Phi) is 8.76. The number of pyridine rings is 1. The molecule has 208 valence electrons. The summed E-state index contributed by atoms with van der Waals surface area (Å²) in [6, 6.07) is 12.9. The first-order chi connectivity index (χ1) is 18.5. The number of aryl methyl sites for hydroxylation is 2. The summed E-state index contributed by atoms with van der Waals surface area (Å²) in [6.45, 7) is 7.49. The minimum absolute atomic E-state index is 0.250. The number of piperazine rings is 1. The van der Waals surface area contributed by atoms with Crippen molar-refractivity contribution in [3.05, 3.63) is 74.0 Å². The van der Waals surface area contributed by atoms with E-state index in [1.807, 2.05) is 62.1 Å². The lowest BCUT2D eigenvalue weighted by molar-refractivity contribution is 0.0240. The van der Waals surface area contributed by atoms with Gasteiger partial charge in [0.15, 0.2) is 0 Å². The van der Waals surface area contributed by atoms with E-state index in [1.165, 1.54) is 0 Å². The summed E-state index contributed by atoms with van der Waals surface area (Å²) in [5, 5.41) is 4.72. The molecule has 0 bridgehead atoms. The van der Waals surface area contributed by atoms with Crippen LogP contribution >= 0.6 is 23.2 Å². The molecular weight excluding hydrogens is 539 g/mol. The summed E-state index contributed by atoms with van der Waals surface area (Å²) in [4.78, 5) is 43.3. The van der Waals surface area contributed by atoms with Crippen molar-refractivity contribution in [3.63, 3.8) is 0 Å². The second-order valence-corrected chi connectivity index (χ2v) is 11.5. The number of aromatic nitrogens is 1. The van der Waals surface area contributed by atoms with Crippen LogP contribution in [0.5, 0.6) is 0 Å². The topological polar surface area (TPSA) is 83.9 Å². The van der Waals surface area contributed by atoms with Gasteiger partial charge in [0.05, 0.1) is 21.1 Å². The molecule has 1 aliphatic heterocycles. The van der Waals surface area contributed by atoms with Crippen molar-refractivity contribution in [2.24, 2.45) is 7.05 Å². The summed E-state index contributed by atoms with van der Waals surface area (Å²) >= 11 is 12.1. The largest absolute Gasteiger partial charge is 0.444 e. The predicted octanol–water partition coefficient (Wildman–Crippen LogP) is 5.27. The monoisotopic (exact) mass is 572 g/mol. The maximum Gasteiger partial charge on any atom is 0.410 e. The fourth-order valence-electron chi connectivity index (χ4n) is 4.72. The van der Waals surface area contributed by atoms with Crippen LogP contribution in [-0.2, 0) is 18.2 Å². The number of nitrogens with zero attached hydrogens (tertiary/aromatic N) is 3. The number of nitrogens with one attached hydrogen (secondary N) is 1. The van der Waals surface area contributed by atoms with Gasteiger partial charge in [0.1, 0.15) is 11.3 Å². The lowest BCUT2D eigenvalue weighted by Gasteiger charge is -2.37. The van der Waals surface area contributed by atoms with Crippen LogP contribution < -0.4 is 15.8 Å². The number of rotatable bonds is 6. The Bertz CT molecular complexity index is 1440. The number of hydrogen-bond acceptors (Lipinski definition) is 5. The van der Waals surface area contributed by atoms with Gasteiger partial charge in [0, 0.05) is 45.2 Å². The predicted molar refractivity (Wildman–Crippen MR) is 156 cm³/mol. The van der Waals surface area contributed by atoms with Gasteiger partial charge in [-0.3, -0.25) is 9.59 Å². The van der Waals surface area contributed by atoms with Crippen LogP contribution in [0.1, 0.15) is 43.1 Å². The minimum Gasteiger partial charge on any atom is -0.444 e. The SMILES string of the molecule is Cn1c(=O)c(N2CCN(C(=O)OC(C)(C)C)CC2)c(C(=O)NCCCc2ccc(Cl)c(Cl)c2)c2ccccc21. The van der Waals surface area contributed by atoms with E-state index in [1.54, 1.807) is 22.6 Å². The Morgan fingerprint density at radius 3 is 2.36 bits per heavy atom. The Labute approximate surface area is 238 Å². The lowest BCUT2D eigenvalue weighted by atomic mass is 10.0. The van der Waals surface area contributed by atoms with Crippen LogP contribution in [-0.4, -0.2) is 59.8 Å². The molecule has 2 amide bonds. The third-order valence-electron chi connectivity index (χ3n) is 6.67. The van der Waals surface area contributed by atoms with E-state index in [0.717, 1.165) is 5.56 Å². The minimum atomic E-state index is -0.590. The van der Waals surface area contributed by atoms with Crippen molar-refractivity contribution in [1.82, 2.24) is 14.8 Å². The highest BCUT2D eigenvalue weighted by Gasteiger charge is 2.30. The molecule has 2 aromatic carbocycles. The molecule has 1 aliphatic rings. The van der Waals surface area contributed by atoms with E-state index >= 15 is 0 Å². The Balaban J connectivity index is 1.55. The van der Waals surface area contributed by atoms with E-state index in [4.69, 9.17) is 27.9 Å². The van der Waals surface area contributed by atoms with Crippen molar-refractivity contribution in [1.29, 1.82) is 0 Å². The summed E-state index contributed by atoms with van der Waals surface area (Å²) in [5.41, 5.74) is 1.57. The smallest absolute Gasteiger partial charge is 0.410 e. The number of benzene rings is 2. The lowest BCUT2D eigenvalue weighted by Crippen LogP contribution is -2.52. The van der Waals surface area contributed by atoms with Crippen molar-refractivity contribution < 1.29 is 14.3 Å². The number of carbonyl (C=O) groups excluding carboxylic acids is 2. The Morgan fingerprint density at radius 2 is 1.69 bits per heavy atom. The number of ether oxygens (including phenoxy) is 1. The standard InChI is InChI=1S/C29H34Cl2N4O4/c1-29(2,3)39-28(38)35-16-14-34(15-17-35)25-24(20-9-5-6-10-23(20)33(4)27(25)37)26(36)32-13-7-8-19-11-12-21(30)22(31)18-19/h5-6,9-12,18H,7-8,13-17H2,1-4H3,(H,32,36). The molecule has 0 radical (unpaired) electrons. The zero-order valence-electron chi connectivity index (χ0n) is 22.7. The summed E-state index contributed by atoms with van der Waals surface area (Å²) in [5.74, 6) is -0.303. The molecule has 8 nitrogen and oxygen atoms in total. The molecule has 4 rings (SSSR count). The number of hydrogen-bond donors (Lipinski definition) is 1. The first-order valence-corrected chi connectivity index (χ1v) is 13.8. The molecule has 1 aromatic heterocycles. The van der Waals surface area contributed by atoms with Crippen molar-refractivity contribution in [3.8, 4) is 0 Å². The molecular formula is C29H34Cl2N4O4. The average Bonchev–Trinajstić information content (AvgIpc) is 2.89. The number of anilines is 1. The highest BCUT2D eigenvalue weighted by molar-refractivity contribution is 6.42. The molecule has 1 N–H and O–H groups in total. The van der Waals surface area contributed by atoms with Gasteiger partial charge >= 0.3 is 6.09 Å². The Morgan fingerprint density at radius 1 is 1.00 bits per heavy atom. The third kappa shape index (κ3) is 6.68. The van der Waals surface area contributed by atoms with E-state index in [9.17, 15) is 14.4 Å². The summed E-state index contributed by atoms with van der Waals surface area (Å²) < 4.78 is 7.08. The molecule has 0 atom stereocenters.